The molecule has 0 spiro atoms. The lowest BCUT2D eigenvalue weighted by atomic mass is 10.2. The average molecular weight is 360 g/mol. The molecule has 0 saturated heterocycles. The maximum absolute atomic E-state index is 11.9. The van der Waals surface area contributed by atoms with Gasteiger partial charge in [-0.2, -0.15) is 0 Å². The topological polar surface area (TPSA) is 66.4 Å². The van der Waals surface area contributed by atoms with E-state index in [0.29, 0.717) is 17.4 Å². The number of amides is 1. The highest BCUT2D eigenvalue weighted by Gasteiger charge is 2.18. The Hall–Kier alpha value is -1.01. The summed E-state index contributed by atoms with van der Waals surface area (Å²) < 4.78 is 0.791. The van der Waals surface area contributed by atoms with Gasteiger partial charge in [0.15, 0.2) is 0 Å². The molecule has 0 aliphatic rings. The number of rotatable bonds is 6. The van der Waals surface area contributed by atoms with Crippen LogP contribution in [-0.2, 0) is 4.79 Å². The van der Waals surface area contributed by atoms with Crippen LogP contribution in [0.1, 0.15) is 31.1 Å². The highest BCUT2D eigenvalue weighted by atomic mass is 79.9. The quantitative estimate of drug-likeness (QED) is 0.763. The van der Waals surface area contributed by atoms with Crippen LogP contribution in [0.3, 0.4) is 0 Å². The summed E-state index contributed by atoms with van der Waals surface area (Å²) in [6, 6.07) is 4.94. The molecule has 0 aromatic heterocycles. The van der Waals surface area contributed by atoms with E-state index in [1.807, 2.05) is 13.8 Å². The van der Waals surface area contributed by atoms with Crippen molar-refractivity contribution in [1.29, 1.82) is 0 Å². The molecule has 0 aliphatic heterocycles. The molecular weight excluding hydrogens is 342 g/mol. The number of carbonyl (C=O) groups is 2. The lowest BCUT2D eigenvalue weighted by molar-refractivity contribution is -0.120. The van der Waals surface area contributed by atoms with Crippen LogP contribution in [0.25, 0.3) is 0 Å². The largest absolute Gasteiger partial charge is 0.478 e. The third-order valence-corrected chi connectivity index (χ3v) is 4.18. The minimum atomic E-state index is -0.991. The van der Waals surface area contributed by atoms with E-state index in [-0.39, 0.29) is 16.7 Å². The smallest absolute Gasteiger partial charge is 0.336 e. The second-order valence-electron chi connectivity index (χ2n) is 4.84. The number of carboxylic acids is 1. The molecule has 110 valence electrons. The lowest BCUT2D eigenvalue weighted by Gasteiger charge is -2.14. The zero-order valence-electron chi connectivity index (χ0n) is 11.6. The first-order valence-electron chi connectivity index (χ1n) is 6.28. The summed E-state index contributed by atoms with van der Waals surface area (Å²) in [5.41, 5.74) is 0.210. The molecule has 0 bridgehead atoms. The lowest BCUT2D eigenvalue weighted by Crippen LogP contribution is -2.33. The molecule has 0 fully saturated rings. The van der Waals surface area contributed by atoms with Gasteiger partial charge in [-0.1, -0.05) is 29.8 Å². The van der Waals surface area contributed by atoms with E-state index in [1.54, 1.807) is 19.1 Å². The van der Waals surface area contributed by atoms with E-state index in [2.05, 4.69) is 21.2 Å². The number of aromatic carboxylic acids is 1. The molecule has 1 unspecified atom stereocenters. The Balaban J connectivity index is 2.79. The molecule has 0 heterocycles. The summed E-state index contributed by atoms with van der Waals surface area (Å²) in [6.45, 7) is 6.44. The fourth-order valence-electron chi connectivity index (χ4n) is 1.46. The number of benzene rings is 1. The number of carboxylic acid groups (broad SMARTS) is 1. The number of thioether (sulfide) groups is 1. The van der Waals surface area contributed by atoms with Crippen molar-refractivity contribution >= 4 is 39.6 Å². The van der Waals surface area contributed by atoms with Crippen LogP contribution < -0.4 is 5.32 Å². The van der Waals surface area contributed by atoms with E-state index in [4.69, 9.17) is 5.11 Å². The molecule has 0 aliphatic carbocycles. The van der Waals surface area contributed by atoms with E-state index in [1.165, 1.54) is 17.8 Å². The van der Waals surface area contributed by atoms with Crippen molar-refractivity contribution < 1.29 is 14.7 Å². The minimum absolute atomic E-state index is 0.0833. The molecule has 6 heteroatoms. The zero-order valence-corrected chi connectivity index (χ0v) is 14.0. The fraction of sp³-hybridized carbons (Fsp3) is 0.429. The molecule has 0 saturated carbocycles. The molecule has 1 aromatic rings. The van der Waals surface area contributed by atoms with Crippen LogP contribution in [0.4, 0.5) is 0 Å². The normalized spacial score (nSPS) is 12.2. The highest BCUT2D eigenvalue weighted by molar-refractivity contribution is 9.10. The van der Waals surface area contributed by atoms with Crippen LogP contribution in [-0.4, -0.2) is 28.8 Å². The number of hydrogen-bond donors (Lipinski definition) is 2. The molecule has 1 rings (SSSR count). The van der Waals surface area contributed by atoms with Gasteiger partial charge in [0, 0.05) is 15.9 Å². The SMILES string of the molecule is CC(C)CNC(=O)C(C)Sc1cc(Br)ccc1C(=O)O. The van der Waals surface area contributed by atoms with Crippen molar-refractivity contribution in [2.75, 3.05) is 6.54 Å². The molecule has 2 N–H and O–H groups in total. The van der Waals surface area contributed by atoms with Gasteiger partial charge >= 0.3 is 5.97 Å². The van der Waals surface area contributed by atoms with Gasteiger partial charge in [-0.3, -0.25) is 4.79 Å². The first-order valence-corrected chi connectivity index (χ1v) is 7.95. The van der Waals surface area contributed by atoms with Crippen LogP contribution in [0.2, 0.25) is 0 Å². The second-order valence-corrected chi connectivity index (χ2v) is 7.14. The Morgan fingerprint density at radius 1 is 1.35 bits per heavy atom. The fourth-order valence-corrected chi connectivity index (χ4v) is 3.02. The van der Waals surface area contributed by atoms with Crippen molar-refractivity contribution in [3.8, 4) is 0 Å². The van der Waals surface area contributed by atoms with E-state index in [0.717, 1.165) is 4.47 Å². The van der Waals surface area contributed by atoms with Gasteiger partial charge in [0.05, 0.1) is 10.8 Å². The Kier molecular flexibility index (Phi) is 6.55. The number of carbonyl (C=O) groups excluding carboxylic acids is 1. The minimum Gasteiger partial charge on any atom is -0.478 e. The number of halogens is 1. The second kappa shape index (κ2) is 7.69. The van der Waals surface area contributed by atoms with Crippen LogP contribution in [0, 0.1) is 5.92 Å². The monoisotopic (exact) mass is 359 g/mol. The van der Waals surface area contributed by atoms with Crippen LogP contribution in [0.15, 0.2) is 27.6 Å². The first-order chi connectivity index (χ1) is 9.31. The number of nitrogens with one attached hydrogen (secondary N) is 1. The maximum atomic E-state index is 11.9. The summed E-state index contributed by atoms with van der Waals surface area (Å²) in [7, 11) is 0. The average Bonchev–Trinajstić information content (AvgIpc) is 2.35. The molecule has 1 aromatic carbocycles. The third-order valence-electron chi connectivity index (χ3n) is 2.53. The van der Waals surface area contributed by atoms with Gasteiger partial charge in [0.25, 0.3) is 0 Å². The van der Waals surface area contributed by atoms with E-state index in [9.17, 15) is 9.59 Å². The Morgan fingerprint density at radius 3 is 2.55 bits per heavy atom. The summed E-state index contributed by atoms with van der Waals surface area (Å²) in [4.78, 5) is 23.7. The summed E-state index contributed by atoms with van der Waals surface area (Å²) in [5.74, 6) is -0.689. The molecule has 20 heavy (non-hydrogen) atoms. The summed E-state index contributed by atoms with van der Waals surface area (Å²) >= 11 is 4.56. The van der Waals surface area contributed by atoms with Crippen LogP contribution >= 0.6 is 27.7 Å². The highest BCUT2D eigenvalue weighted by Crippen LogP contribution is 2.30. The van der Waals surface area contributed by atoms with E-state index >= 15 is 0 Å². The van der Waals surface area contributed by atoms with Crippen molar-refractivity contribution in [3.05, 3.63) is 28.2 Å². The van der Waals surface area contributed by atoms with Crippen molar-refractivity contribution in [2.45, 2.75) is 30.9 Å². The molecule has 4 nitrogen and oxygen atoms in total. The first kappa shape index (κ1) is 17.0. The standard InChI is InChI=1S/C14H18BrNO3S/c1-8(2)7-16-13(17)9(3)20-12-6-10(15)4-5-11(12)14(18)19/h4-6,8-9H,7H2,1-3H3,(H,16,17)(H,18,19). The third kappa shape index (κ3) is 5.17. The Labute approximate surface area is 131 Å². The maximum Gasteiger partial charge on any atom is 0.336 e. The van der Waals surface area contributed by atoms with E-state index < -0.39 is 5.97 Å². The Morgan fingerprint density at radius 2 is 2.00 bits per heavy atom. The molecule has 1 atom stereocenters. The Bertz CT molecular complexity index is 505. The van der Waals surface area contributed by atoms with Gasteiger partial charge in [-0.15, -0.1) is 11.8 Å². The van der Waals surface area contributed by atoms with Crippen molar-refractivity contribution in [2.24, 2.45) is 5.92 Å². The van der Waals surface area contributed by atoms with Crippen molar-refractivity contribution in [1.82, 2.24) is 5.32 Å². The summed E-state index contributed by atoms with van der Waals surface area (Å²) in [6.07, 6.45) is 0. The van der Waals surface area contributed by atoms with Crippen molar-refractivity contribution in [3.63, 3.8) is 0 Å². The number of hydrogen-bond acceptors (Lipinski definition) is 3. The van der Waals surface area contributed by atoms with Gasteiger partial charge < -0.3 is 10.4 Å². The molecule has 1 amide bonds. The van der Waals surface area contributed by atoms with Gasteiger partial charge in [0.1, 0.15) is 0 Å². The predicted molar refractivity (Wildman–Crippen MR) is 84.3 cm³/mol. The van der Waals surface area contributed by atoms with Gasteiger partial charge in [-0.05, 0) is 31.0 Å². The van der Waals surface area contributed by atoms with Gasteiger partial charge in [0.2, 0.25) is 5.91 Å². The predicted octanol–water partition coefficient (Wildman–Crippen LogP) is 3.40. The molecule has 0 radical (unpaired) electrons. The summed E-state index contributed by atoms with van der Waals surface area (Å²) in [5, 5.41) is 11.7. The zero-order chi connectivity index (χ0) is 15.3. The van der Waals surface area contributed by atoms with Crippen LogP contribution in [0.5, 0.6) is 0 Å². The van der Waals surface area contributed by atoms with Gasteiger partial charge in [-0.25, -0.2) is 4.79 Å². The molecular formula is C14H18BrNO3S.